The molecule has 136 valence electrons. The molecule has 0 bridgehead atoms. The van der Waals surface area contributed by atoms with Gasteiger partial charge < -0.3 is 4.74 Å². The lowest BCUT2D eigenvalue weighted by molar-refractivity contribution is -0.129. The molecule has 4 nitrogen and oxygen atoms in total. The van der Waals surface area contributed by atoms with Crippen LogP contribution in [0.25, 0.3) is 0 Å². The Morgan fingerprint density at radius 2 is 1.88 bits per heavy atom. The van der Waals surface area contributed by atoms with Gasteiger partial charge in [-0.05, 0) is 23.6 Å². The average molecular weight is 424 g/mol. The van der Waals surface area contributed by atoms with E-state index in [2.05, 4.69) is 15.9 Å². The Labute approximate surface area is 157 Å². The topological polar surface area (TPSA) is 46.6 Å². The molecule has 1 saturated heterocycles. The maximum Gasteiger partial charge on any atom is 0.417 e. The van der Waals surface area contributed by atoms with Gasteiger partial charge in [0.2, 0.25) is 5.91 Å². The Kier molecular flexibility index (Phi) is 5.36. The van der Waals surface area contributed by atoms with E-state index in [0.29, 0.717) is 0 Å². The van der Waals surface area contributed by atoms with Crippen molar-refractivity contribution in [2.24, 2.45) is 0 Å². The first kappa shape index (κ1) is 18.5. The van der Waals surface area contributed by atoms with E-state index in [1.807, 2.05) is 6.07 Å². The monoisotopic (exact) mass is 423 g/mol. The maximum absolute atomic E-state index is 14.1. The van der Waals surface area contributed by atoms with Gasteiger partial charge in [0.15, 0.2) is 0 Å². The summed E-state index contributed by atoms with van der Waals surface area (Å²) in [7, 11) is 0. The summed E-state index contributed by atoms with van der Waals surface area (Å²) in [5.74, 6) is -2.74. The molecule has 2 amide bonds. The number of carbonyl (C=O) groups is 2. The zero-order valence-electron chi connectivity index (χ0n) is 13.9. The van der Waals surface area contributed by atoms with E-state index in [9.17, 15) is 18.4 Å². The van der Waals surface area contributed by atoms with Crippen molar-refractivity contribution in [1.29, 1.82) is 0 Å². The van der Waals surface area contributed by atoms with Crippen LogP contribution in [0.2, 0.25) is 0 Å². The standard InChI is InChI=1S/C19H16BrF2NO3/c1-11(18-14(21)8-13(20)9-15(18)22)7-17(24)23-16(10-26-19(23)25)12-5-3-2-4-6-12/h2-6,8-9,11,16H,7,10H2,1H3/t11?,16-/m0/s1. The number of nitrogens with zero attached hydrogens (tertiary/aromatic N) is 1. The van der Waals surface area contributed by atoms with Crippen molar-refractivity contribution in [3.63, 3.8) is 0 Å². The Morgan fingerprint density at radius 3 is 2.50 bits per heavy atom. The molecule has 0 N–H and O–H groups in total. The molecule has 1 aliphatic rings. The second-order valence-electron chi connectivity index (χ2n) is 6.16. The van der Waals surface area contributed by atoms with Gasteiger partial charge in [0.1, 0.15) is 24.3 Å². The van der Waals surface area contributed by atoms with Gasteiger partial charge in [-0.1, -0.05) is 53.2 Å². The second kappa shape index (κ2) is 7.53. The molecule has 1 aliphatic heterocycles. The number of carbonyl (C=O) groups excluding carboxylic acids is 2. The second-order valence-corrected chi connectivity index (χ2v) is 7.07. The summed E-state index contributed by atoms with van der Waals surface area (Å²) in [6.45, 7) is 1.61. The number of ether oxygens (including phenoxy) is 1. The number of imide groups is 1. The molecule has 0 spiro atoms. The lowest BCUT2D eigenvalue weighted by Crippen LogP contribution is -2.35. The Hall–Kier alpha value is -2.28. The Bertz CT molecular complexity index is 821. The fraction of sp³-hybridized carbons (Fsp3) is 0.263. The normalized spacial score (nSPS) is 17.9. The molecule has 1 heterocycles. The predicted octanol–water partition coefficient (Wildman–Crippen LogP) is 4.94. The van der Waals surface area contributed by atoms with Crippen molar-refractivity contribution < 1.29 is 23.1 Å². The van der Waals surface area contributed by atoms with E-state index in [-0.39, 0.29) is 23.1 Å². The number of benzene rings is 2. The van der Waals surface area contributed by atoms with Crippen LogP contribution in [0, 0.1) is 11.6 Å². The van der Waals surface area contributed by atoms with E-state index in [1.165, 1.54) is 0 Å². The fourth-order valence-electron chi connectivity index (χ4n) is 3.10. The van der Waals surface area contributed by atoms with Gasteiger partial charge in [-0.3, -0.25) is 4.79 Å². The van der Waals surface area contributed by atoms with Gasteiger partial charge >= 0.3 is 6.09 Å². The van der Waals surface area contributed by atoms with Crippen LogP contribution in [0.3, 0.4) is 0 Å². The molecule has 1 fully saturated rings. The first-order valence-corrected chi connectivity index (χ1v) is 8.86. The lowest BCUT2D eigenvalue weighted by atomic mass is 9.95. The number of hydrogen-bond donors (Lipinski definition) is 0. The van der Waals surface area contributed by atoms with E-state index in [0.717, 1.165) is 22.6 Å². The highest BCUT2D eigenvalue weighted by Crippen LogP contribution is 2.32. The van der Waals surface area contributed by atoms with Crippen LogP contribution in [0.1, 0.15) is 36.4 Å². The summed E-state index contributed by atoms with van der Waals surface area (Å²) in [5, 5.41) is 0. The third-order valence-corrected chi connectivity index (χ3v) is 4.80. The molecule has 7 heteroatoms. The van der Waals surface area contributed by atoms with Gasteiger partial charge in [0, 0.05) is 16.5 Å². The van der Waals surface area contributed by atoms with Gasteiger partial charge in [0.25, 0.3) is 0 Å². The molecule has 1 unspecified atom stereocenters. The van der Waals surface area contributed by atoms with Crippen LogP contribution in [0.15, 0.2) is 46.9 Å². The van der Waals surface area contributed by atoms with Gasteiger partial charge in [-0.25, -0.2) is 18.5 Å². The maximum atomic E-state index is 14.1. The smallest absolute Gasteiger partial charge is 0.417 e. The number of hydrogen-bond acceptors (Lipinski definition) is 3. The minimum Gasteiger partial charge on any atom is -0.446 e. The molecule has 0 aromatic heterocycles. The van der Waals surface area contributed by atoms with Crippen molar-refractivity contribution in [1.82, 2.24) is 4.90 Å². The van der Waals surface area contributed by atoms with Crippen molar-refractivity contribution in [3.05, 3.63) is 69.7 Å². The summed E-state index contributed by atoms with van der Waals surface area (Å²) >= 11 is 3.03. The molecular weight excluding hydrogens is 408 g/mol. The van der Waals surface area contributed by atoms with Crippen molar-refractivity contribution >= 4 is 27.9 Å². The Balaban J connectivity index is 1.81. The molecule has 2 aromatic carbocycles. The zero-order chi connectivity index (χ0) is 18.8. The third-order valence-electron chi connectivity index (χ3n) is 4.34. The number of cyclic esters (lactones) is 1. The minimum atomic E-state index is -0.743. The minimum absolute atomic E-state index is 0.0595. The van der Waals surface area contributed by atoms with Crippen LogP contribution in [-0.2, 0) is 9.53 Å². The molecule has 2 aromatic rings. The van der Waals surface area contributed by atoms with Gasteiger partial charge in [-0.15, -0.1) is 0 Å². The summed E-state index contributed by atoms with van der Waals surface area (Å²) < 4.78 is 33.5. The SMILES string of the molecule is CC(CC(=O)N1C(=O)OC[C@H]1c1ccccc1)c1c(F)cc(Br)cc1F. The highest BCUT2D eigenvalue weighted by molar-refractivity contribution is 9.10. The van der Waals surface area contributed by atoms with Crippen LogP contribution in [0.4, 0.5) is 13.6 Å². The van der Waals surface area contributed by atoms with Gasteiger partial charge in [0.05, 0.1) is 0 Å². The molecule has 0 aliphatic carbocycles. The third kappa shape index (κ3) is 3.62. The first-order chi connectivity index (χ1) is 12.4. The summed E-state index contributed by atoms with van der Waals surface area (Å²) in [5.41, 5.74) is 0.589. The molecule has 3 rings (SSSR count). The van der Waals surface area contributed by atoms with E-state index >= 15 is 0 Å². The molecule has 0 radical (unpaired) electrons. The first-order valence-electron chi connectivity index (χ1n) is 8.06. The Morgan fingerprint density at radius 1 is 1.27 bits per heavy atom. The molecule has 0 saturated carbocycles. The lowest BCUT2D eigenvalue weighted by Gasteiger charge is -2.22. The highest BCUT2D eigenvalue weighted by Gasteiger charge is 2.39. The molecule has 26 heavy (non-hydrogen) atoms. The van der Waals surface area contributed by atoms with Crippen LogP contribution >= 0.6 is 15.9 Å². The molecular formula is C19H16BrF2NO3. The predicted molar refractivity (Wildman–Crippen MR) is 94.5 cm³/mol. The van der Waals surface area contributed by atoms with Gasteiger partial charge in [-0.2, -0.15) is 0 Å². The number of amides is 2. The highest BCUT2D eigenvalue weighted by atomic mass is 79.9. The average Bonchev–Trinajstić information content (AvgIpc) is 2.96. The summed E-state index contributed by atoms with van der Waals surface area (Å²) in [6, 6.07) is 10.8. The van der Waals surface area contributed by atoms with E-state index in [4.69, 9.17) is 4.74 Å². The summed E-state index contributed by atoms with van der Waals surface area (Å²) in [4.78, 5) is 25.7. The number of rotatable bonds is 4. The molecule has 2 atom stereocenters. The van der Waals surface area contributed by atoms with Crippen molar-refractivity contribution in [2.75, 3.05) is 6.61 Å². The van der Waals surface area contributed by atoms with Crippen molar-refractivity contribution in [3.8, 4) is 0 Å². The zero-order valence-corrected chi connectivity index (χ0v) is 15.5. The van der Waals surface area contributed by atoms with Crippen LogP contribution < -0.4 is 0 Å². The largest absolute Gasteiger partial charge is 0.446 e. The fourth-order valence-corrected chi connectivity index (χ4v) is 3.51. The van der Waals surface area contributed by atoms with Crippen molar-refractivity contribution in [2.45, 2.75) is 25.3 Å². The summed E-state index contributed by atoms with van der Waals surface area (Å²) in [6.07, 6.45) is -0.957. The van der Waals surface area contributed by atoms with Crippen LogP contribution in [-0.4, -0.2) is 23.5 Å². The van der Waals surface area contributed by atoms with E-state index < -0.39 is 35.6 Å². The quantitative estimate of drug-likeness (QED) is 0.699. The number of halogens is 3. The van der Waals surface area contributed by atoms with E-state index in [1.54, 1.807) is 31.2 Å². The van der Waals surface area contributed by atoms with Crippen LogP contribution in [0.5, 0.6) is 0 Å².